The molecule has 1 atom stereocenters. The zero-order chi connectivity index (χ0) is 13.6. The maximum Gasteiger partial charge on any atom is 0.308 e. The monoisotopic (exact) mass is 253 g/mol. The lowest BCUT2D eigenvalue weighted by Crippen LogP contribution is -2.46. The molecule has 4 nitrogen and oxygen atoms in total. The van der Waals surface area contributed by atoms with Gasteiger partial charge < -0.3 is 15.2 Å². The van der Waals surface area contributed by atoms with Crippen molar-refractivity contribution in [3.05, 3.63) is 0 Å². The van der Waals surface area contributed by atoms with Gasteiger partial charge in [-0.15, -0.1) is 6.42 Å². The van der Waals surface area contributed by atoms with Crippen molar-refractivity contribution >= 4 is 5.97 Å². The van der Waals surface area contributed by atoms with Gasteiger partial charge in [0.05, 0.1) is 24.2 Å². The van der Waals surface area contributed by atoms with E-state index in [0.29, 0.717) is 38.8 Å². The van der Waals surface area contributed by atoms with Crippen molar-refractivity contribution in [3.63, 3.8) is 0 Å². The molecule has 0 bridgehead atoms. The van der Waals surface area contributed by atoms with Crippen molar-refractivity contribution in [2.45, 2.75) is 51.2 Å². The summed E-state index contributed by atoms with van der Waals surface area (Å²) < 4.78 is 5.00. The number of ether oxygens (including phenoxy) is 1. The van der Waals surface area contributed by atoms with Crippen LogP contribution in [0.3, 0.4) is 0 Å². The fourth-order valence-corrected chi connectivity index (χ4v) is 2.23. The molecule has 1 fully saturated rings. The molecule has 0 amide bonds. The van der Waals surface area contributed by atoms with Crippen LogP contribution in [0.5, 0.6) is 0 Å². The van der Waals surface area contributed by atoms with Crippen LogP contribution in [-0.4, -0.2) is 35.9 Å². The molecule has 0 aromatic rings. The first-order chi connectivity index (χ1) is 8.50. The minimum Gasteiger partial charge on any atom is -0.466 e. The fourth-order valence-electron chi connectivity index (χ4n) is 2.23. The minimum absolute atomic E-state index is 0.0446. The second kappa shape index (κ2) is 6.77. The summed E-state index contributed by atoms with van der Waals surface area (Å²) in [7, 11) is 0. The molecule has 1 unspecified atom stereocenters. The van der Waals surface area contributed by atoms with E-state index in [0.717, 1.165) is 0 Å². The van der Waals surface area contributed by atoms with E-state index in [2.05, 4.69) is 11.2 Å². The Balaban J connectivity index is 2.37. The molecule has 0 spiro atoms. The van der Waals surface area contributed by atoms with Gasteiger partial charge in [0, 0.05) is 6.54 Å². The number of nitrogens with one attached hydrogen (secondary N) is 1. The molecule has 0 radical (unpaired) electrons. The Hall–Kier alpha value is -1.05. The smallest absolute Gasteiger partial charge is 0.308 e. The predicted molar refractivity (Wildman–Crippen MR) is 69.8 cm³/mol. The molecule has 1 rings (SSSR count). The Morgan fingerprint density at radius 2 is 2.22 bits per heavy atom. The van der Waals surface area contributed by atoms with Crippen LogP contribution in [0.15, 0.2) is 0 Å². The van der Waals surface area contributed by atoms with Gasteiger partial charge in [-0.05, 0) is 39.5 Å². The topological polar surface area (TPSA) is 58.6 Å². The molecule has 0 heterocycles. The van der Waals surface area contributed by atoms with Crippen molar-refractivity contribution in [1.82, 2.24) is 5.32 Å². The van der Waals surface area contributed by atoms with E-state index in [4.69, 9.17) is 11.2 Å². The highest BCUT2D eigenvalue weighted by Gasteiger charge is 2.36. The minimum atomic E-state index is -0.742. The lowest BCUT2D eigenvalue weighted by atomic mass is 9.78. The van der Waals surface area contributed by atoms with Gasteiger partial charge in [0.1, 0.15) is 0 Å². The summed E-state index contributed by atoms with van der Waals surface area (Å²) in [5.74, 6) is 2.37. The summed E-state index contributed by atoms with van der Waals surface area (Å²) in [6, 6.07) is -0.0446. The molecule has 1 saturated carbocycles. The highest BCUT2D eigenvalue weighted by Crippen LogP contribution is 2.32. The molecule has 0 aromatic heterocycles. The highest BCUT2D eigenvalue weighted by molar-refractivity contribution is 5.72. The third kappa shape index (κ3) is 4.32. The molecular formula is C14H23NO3. The standard InChI is InChI=1S/C14H23NO3/c1-4-11(3)15-10-14(17)8-6-12(7-9-14)13(16)18-5-2/h1,11-12,15,17H,5-10H2,2-3H3. The molecule has 1 aliphatic carbocycles. The van der Waals surface area contributed by atoms with Gasteiger partial charge in [0.25, 0.3) is 0 Å². The van der Waals surface area contributed by atoms with E-state index in [-0.39, 0.29) is 17.9 Å². The van der Waals surface area contributed by atoms with Gasteiger partial charge in [0.15, 0.2) is 0 Å². The number of rotatable bonds is 5. The first-order valence-electron chi connectivity index (χ1n) is 6.59. The van der Waals surface area contributed by atoms with Gasteiger partial charge in [-0.1, -0.05) is 5.92 Å². The van der Waals surface area contributed by atoms with E-state index < -0.39 is 5.60 Å². The largest absolute Gasteiger partial charge is 0.466 e. The Morgan fingerprint density at radius 1 is 1.61 bits per heavy atom. The third-order valence-corrected chi connectivity index (χ3v) is 3.52. The lowest BCUT2D eigenvalue weighted by molar-refractivity contribution is -0.151. The number of carbonyl (C=O) groups excluding carboxylic acids is 1. The number of esters is 1. The molecule has 0 aliphatic heterocycles. The Kier molecular flexibility index (Phi) is 5.64. The fraction of sp³-hybridized carbons (Fsp3) is 0.786. The van der Waals surface area contributed by atoms with Crippen LogP contribution in [0.25, 0.3) is 0 Å². The van der Waals surface area contributed by atoms with Crippen LogP contribution in [0.4, 0.5) is 0 Å². The number of terminal acetylenes is 1. The average Bonchev–Trinajstić information content (AvgIpc) is 2.37. The summed E-state index contributed by atoms with van der Waals surface area (Å²) in [6.07, 6.45) is 7.86. The molecule has 4 heteroatoms. The average molecular weight is 253 g/mol. The number of hydrogen-bond donors (Lipinski definition) is 2. The molecule has 1 aliphatic rings. The van der Waals surface area contributed by atoms with E-state index in [1.165, 1.54) is 0 Å². The Bertz CT molecular complexity index is 313. The van der Waals surface area contributed by atoms with Crippen LogP contribution in [0.2, 0.25) is 0 Å². The third-order valence-electron chi connectivity index (χ3n) is 3.52. The van der Waals surface area contributed by atoms with Crippen LogP contribution < -0.4 is 5.32 Å². The van der Waals surface area contributed by atoms with Gasteiger partial charge in [0.2, 0.25) is 0 Å². The SMILES string of the molecule is C#CC(C)NCC1(O)CCC(C(=O)OCC)CC1. The van der Waals surface area contributed by atoms with E-state index in [1.54, 1.807) is 0 Å². The van der Waals surface area contributed by atoms with E-state index >= 15 is 0 Å². The molecule has 18 heavy (non-hydrogen) atoms. The van der Waals surface area contributed by atoms with Crippen molar-refractivity contribution in [3.8, 4) is 12.3 Å². The Labute approximate surface area is 109 Å². The maximum absolute atomic E-state index is 11.6. The summed E-state index contributed by atoms with van der Waals surface area (Å²) >= 11 is 0. The Morgan fingerprint density at radius 3 is 2.72 bits per heavy atom. The first kappa shape index (κ1) is 15.0. The lowest BCUT2D eigenvalue weighted by Gasteiger charge is -2.35. The van der Waals surface area contributed by atoms with Crippen molar-refractivity contribution in [2.75, 3.05) is 13.2 Å². The van der Waals surface area contributed by atoms with Gasteiger partial charge in [-0.3, -0.25) is 4.79 Å². The normalized spacial score (nSPS) is 29.3. The summed E-state index contributed by atoms with van der Waals surface area (Å²) in [4.78, 5) is 11.6. The zero-order valence-electron chi connectivity index (χ0n) is 11.2. The summed E-state index contributed by atoms with van der Waals surface area (Å²) in [5.41, 5.74) is -0.742. The predicted octanol–water partition coefficient (Wildman–Crippen LogP) is 1.08. The quantitative estimate of drug-likeness (QED) is 0.568. The van der Waals surface area contributed by atoms with Crippen LogP contribution >= 0.6 is 0 Å². The summed E-state index contributed by atoms with van der Waals surface area (Å²) in [5, 5.41) is 13.5. The molecule has 102 valence electrons. The van der Waals surface area contributed by atoms with Gasteiger partial charge >= 0.3 is 5.97 Å². The number of hydrogen-bond acceptors (Lipinski definition) is 4. The first-order valence-corrected chi connectivity index (χ1v) is 6.59. The van der Waals surface area contributed by atoms with E-state index in [9.17, 15) is 9.90 Å². The highest BCUT2D eigenvalue weighted by atomic mass is 16.5. The summed E-state index contributed by atoms with van der Waals surface area (Å²) in [6.45, 7) is 4.59. The van der Waals surface area contributed by atoms with Crippen molar-refractivity contribution < 1.29 is 14.6 Å². The van der Waals surface area contributed by atoms with Crippen molar-refractivity contribution in [2.24, 2.45) is 5.92 Å². The second-order valence-corrected chi connectivity index (χ2v) is 5.02. The van der Waals surface area contributed by atoms with Gasteiger partial charge in [-0.25, -0.2) is 0 Å². The number of aliphatic hydroxyl groups is 1. The molecule has 0 aromatic carbocycles. The second-order valence-electron chi connectivity index (χ2n) is 5.02. The van der Waals surface area contributed by atoms with Gasteiger partial charge in [-0.2, -0.15) is 0 Å². The number of carbonyl (C=O) groups is 1. The van der Waals surface area contributed by atoms with Crippen LogP contribution in [0, 0.1) is 18.3 Å². The van der Waals surface area contributed by atoms with E-state index in [1.807, 2.05) is 13.8 Å². The van der Waals surface area contributed by atoms with Crippen LogP contribution in [-0.2, 0) is 9.53 Å². The van der Waals surface area contributed by atoms with Crippen LogP contribution in [0.1, 0.15) is 39.5 Å². The molecule has 0 saturated heterocycles. The molecule has 2 N–H and O–H groups in total. The molecular weight excluding hydrogens is 230 g/mol. The maximum atomic E-state index is 11.6. The zero-order valence-corrected chi connectivity index (χ0v) is 11.2. The van der Waals surface area contributed by atoms with Crippen molar-refractivity contribution in [1.29, 1.82) is 0 Å².